The predicted molar refractivity (Wildman–Crippen MR) is 102 cm³/mol. The molecular weight excluding hydrogens is 346 g/mol. The zero-order valence-electron chi connectivity index (χ0n) is 15.4. The van der Waals surface area contributed by atoms with E-state index in [1.165, 1.54) is 0 Å². The van der Waals surface area contributed by atoms with E-state index in [1.54, 1.807) is 4.57 Å². The zero-order valence-corrected chi connectivity index (χ0v) is 15.4. The van der Waals surface area contributed by atoms with Gasteiger partial charge in [-0.25, -0.2) is 4.98 Å². The number of hydrogen-bond acceptors (Lipinski definition) is 5. The molecule has 0 aliphatic rings. The monoisotopic (exact) mass is 369 g/mol. The number of terminal acetylenes is 1. The van der Waals surface area contributed by atoms with Crippen molar-refractivity contribution < 1.29 is 14.3 Å². The number of para-hydroxylation sites is 2. The van der Waals surface area contributed by atoms with Crippen molar-refractivity contribution in [3.63, 3.8) is 0 Å². The van der Waals surface area contributed by atoms with Gasteiger partial charge in [0.15, 0.2) is 6.61 Å². The van der Waals surface area contributed by atoms with Crippen LogP contribution >= 0.6 is 0 Å². The molecule has 2 rings (SSSR count). The third kappa shape index (κ3) is 5.68. The van der Waals surface area contributed by atoms with Crippen molar-refractivity contribution in [2.24, 2.45) is 0 Å². The van der Waals surface area contributed by atoms with E-state index in [1.807, 2.05) is 24.3 Å². The van der Waals surface area contributed by atoms with Crippen molar-refractivity contribution >= 4 is 22.9 Å². The first-order chi connectivity index (χ1) is 13.1. The summed E-state index contributed by atoms with van der Waals surface area (Å²) in [5.41, 5.74) is 1.62. The Balaban J connectivity index is 2.07. The molecule has 0 aliphatic heterocycles. The van der Waals surface area contributed by atoms with Gasteiger partial charge in [-0.2, -0.15) is 0 Å². The van der Waals surface area contributed by atoms with E-state index in [-0.39, 0.29) is 24.9 Å². The number of aromatic nitrogens is 2. The van der Waals surface area contributed by atoms with Gasteiger partial charge in [-0.3, -0.25) is 14.4 Å². The fourth-order valence-electron chi connectivity index (χ4n) is 2.59. The number of fused-ring (bicyclic) bond motifs is 1. The second kappa shape index (κ2) is 10.1. The van der Waals surface area contributed by atoms with Crippen LogP contribution in [0.1, 0.15) is 31.9 Å². The molecule has 1 aromatic carbocycles. The lowest BCUT2D eigenvalue weighted by atomic mass is 10.2. The smallest absolute Gasteiger partial charge is 0.306 e. The fourth-order valence-corrected chi connectivity index (χ4v) is 2.59. The first-order valence-corrected chi connectivity index (χ1v) is 8.91. The molecule has 7 nitrogen and oxygen atoms in total. The minimum Gasteiger partial charge on any atom is -0.456 e. The molecule has 1 N–H and O–H groups in total. The Kier molecular flexibility index (Phi) is 7.56. The first kappa shape index (κ1) is 20.2. The summed E-state index contributed by atoms with van der Waals surface area (Å²) in [5, 5.41) is 2.40. The highest BCUT2D eigenvalue weighted by molar-refractivity contribution is 5.80. The molecule has 1 aromatic heterocycles. The van der Waals surface area contributed by atoms with Gasteiger partial charge in [0.05, 0.1) is 24.0 Å². The first-order valence-electron chi connectivity index (χ1n) is 8.91. The van der Waals surface area contributed by atoms with Gasteiger partial charge in [-0.05, 0) is 18.6 Å². The van der Waals surface area contributed by atoms with E-state index < -0.39 is 18.5 Å². The Morgan fingerprint density at radius 3 is 2.85 bits per heavy atom. The van der Waals surface area contributed by atoms with Crippen LogP contribution < -0.4 is 10.9 Å². The highest BCUT2D eigenvalue weighted by atomic mass is 16.5. The standard InChI is InChI=1S/C20H23N3O4/c1-3-5-13-23-17-9-7-6-8-15(17)22-16(20(23)26)10-11-19(25)27-14-18(24)21-12-4-2/h2,6-9H,3,5,10-14H2,1H3,(H,21,24). The molecule has 0 aliphatic carbocycles. The van der Waals surface area contributed by atoms with Gasteiger partial charge in [0, 0.05) is 13.0 Å². The summed E-state index contributed by atoms with van der Waals surface area (Å²) < 4.78 is 6.60. The van der Waals surface area contributed by atoms with Crippen LogP contribution in [0.4, 0.5) is 0 Å². The van der Waals surface area contributed by atoms with Crippen molar-refractivity contribution in [2.75, 3.05) is 13.2 Å². The van der Waals surface area contributed by atoms with Crippen molar-refractivity contribution in [2.45, 2.75) is 39.2 Å². The molecule has 0 bridgehead atoms. The summed E-state index contributed by atoms with van der Waals surface area (Å²) in [6.07, 6.45) is 6.99. The summed E-state index contributed by atoms with van der Waals surface area (Å²) in [6, 6.07) is 7.44. The van der Waals surface area contributed by atoms with Crippen LogP contribution in [0.25, 0.3) is 11.0 Å². The number of aryl methyl sites for hydroxylation is 2. The van der Waals surface area contributed by atoms with Gasteiger partial charge < -0.3 is 14.6 Å². The van der Waals surface area contributed by atoms with Gasteiger partial charge in [0.1, 0.15) is 5.69 Å². The third-order valence-corrected chi connectivity index (χ3v) is 3.97. The number of benzene rings is 1. The minimum atomic E-state index is -0.569. The van der Waals surface area contributed by atoms with Crippen LogP contribution in [0.2, 0.25) is 0 Å². The lowest BCUT2D eigenvalue weighted by Crippen LogP contribution is -2.29. The summed E-state index contributed by atoms with van der Waals surface area (Å²) in [6.45, 7) is 2.34. The number of unbranched alkanes of at least 4 members (excludes halogenated alkanes) is 1. The average Bonchev–Trinajstić information content (AvgIpc) is 2.68. The number of ether oxygens (including phenoxy) is 1. The molecule has 0 fully saturated rings. The quantitative estimate of drug-likeness (QED) is 0.533. The molecule has 0 saturated heterocycles. The maximum atomic E-state index is 12.8. The molecule has 0 unspecified atom stereocenters. The molecule has 2 aromatic rings. The number of hydrogen-bond donors (Lipinski definition) is 1. The molecule has 1 amide bonds. The van der Waals surface area contributed by atoms with E-state index in [0.29, 0.717) is 17.8 Å². The zero-order chi connectivity index (χ0) is 19.6. The van der Waals surface area contributed by atoms with Crippen molar-refractivity contribution in [3.05, 3.63) is 40.3 Å². The topological polar surface area (TPSA) is 90.3 Å². The SMILES string of the molecule is C#CCNC(=O)COC(=O)CCc1nc2ccccc2n(CCCC)c1=O. The number of nitrogens with zero attached hydrogens (tertiary/aromatic N) is 2. The number of carbonyl (C=O) groups excluding carboxylic acids is 2. The lowest BCUT2D eigenvalue weighted by Gasteiger charge is -2.12. The number of esters is 1. The molecule has 0 radical (unpaired) electrons. The largest absolute Gasteiger partial charge is 0.456 e. The van der Waals surface area contributed by atoms with Gasteiger partial charge in [0.25, 0.3) is 11.5 Å². The van der Waals surface area contributed by atoms with Crippen LogP contribution in [-0.2, 0) is 27.3 Å². The van der Waals surface area contributed by atoms with Gasteiger partial charge in [0.2, 0.25) is 0 Å². The van der Waals surface area contributed by atoms with Crippen molar-refractivity contribution in [1.29, 1.82) is 0 Å². The Hall–Kier alpha value is -3.14. The molecular formula is C20H23N3O4. The summed E-state index contributed by atoms with van der Waals surface area (Å²) >= 11 is 0. The van der Waals surface area contributed by atoms with E-state index in [9.17, 15) is 14.4 Å². The number of rotatable bonds is 9. The van der Waals surface area contributed by atoms with Crippen molar-refractivity contribution in [3.8, 4) is 12.3 Å². The second-order valence-corrected chi connectivity index (χ2v) is 6.00. The summed E-state index contributed by atoms with van der Waals surface area (Å²) in [7, 11) is 0. The van der Waals surface area contributed by atoms with Crippen LogP contribution in [0, 0.1) is 12.3 Å². The van der Waals surface area contributed by atoms with Gasteiger partial charge in [-0.1, -0.05) is 31.4 Å². The van der Waals surface area contributed by atoms with Crippen LogP contribution in [0.5, 0.6) is 0 Å². The molecule has 0 atom stereocenters. The predicted octanol–water partition coefficient (Wildman–Crippen LogP) is 1.42. The molecule has 27 heavy (non-hydrogen) atoms. The summed E-state index contributed by atoms with van der Waals surface area (Å²) in [5.74, 6) is 1.22. The Bertz CT molecular complexity index is 912. The van der Waals surface area contributed by atoms with E-state index in [4.69, 9.17) is 11.2 Å². The Morgan fingerprint density at radius 1 is 1.33 bits per heavy atom. The van der Waals surface area contributed by atoms with Crippen molar-refractivity contribution in [1.82, 2.24) is 14.9 Å². The van der Waals surface area contributed by atoms with Gasteiger partial charge >= 0.3 is 5.97 Å². The fraction of sp³-hybridized carbons (Fsp3) is 0.400. The molecule has 1 heterocycles. The van der Waals surface area contributed by atoms with Gasteiger partial charge in [-0.15, -0.1) is 6.42 Å². The molecule has 142 valence electrons. The van der Waals surface area contributed by atoms with E-state index in [0.717, 1.165) is 18.4 Å². The third-order valence-electron chi connectivity index (χ3n) is 3.97. The van der Waals surface area contributed by atoms with E-state index >= 15 is 0 Å². The van der Waals surface area contributed by atoms with Crippen LogP contribution in [0.3, 0.4) is 0 Å². The maximum absolute atomic E-state index is 12.8. The molecule has 7 heteroatoms. The number of amides is 1. The maximum Gasteiger partial charge on any atom is 0.306 e. The summed E-state index contributed by atoms with van der Waals surface area (Å²) in [4.78, 5) is 40.4. The number of nitrogens with one attached hydrogen (secondary N) is 1. The minimum absolute atomic E-state index is 0.0310. The highest BCUT2D eigenvalue weighted by Gasteiger charge is 2.13. The highest BCUT2D eigenvalue weighted by Crippen LogP contribution is 2.12. The van der Waals surface area contributed by atoms with E-state index in [2.05, 4.69) is 23.1 Å². The molecule has 0 spiro atoms. The number of carbonyl (C=O) groups is 2. The second-order valence-electron chi connectivity index (χ2n) is 6.00. The lowest BCUT2D eigenvalue weighted by molar-refractivity contribution is -0.148. The molecule has 0 saturated carbocycles. The Morgan fingerprint density at radius 2 is 2.11 bits per heavy atom. The normalized spacial score (nSPS) is 10.4. The average molecular weight is 369 g/mol. The van der Waals surface area contributed by atoms with Crippen LogP contribution in [-0.4, -0.2) is 34.6 Å². The van der Waals surface area contributed by atoms with Crippen LogP contribution in [0.15, 0.2) is 29.1 Å². The Labute approximate surface area is 157 Å².